The average Bonchev–Trinajstić information content (AvgIpc) is 3.15. The summed E-state index contributed by atoms with van der Waals surface area (Å²) in [6.07, 6.45) is 2.29. The first-order valence-electron chi connectivity index (χ1n) is 9.11. The van der Waals surface area contributed by atoms with Crippen molar-refractivity contribution in [3.05, 3.63) is 41.3 Å². The second kappa shape index (κ2) is 7.01. The van der Waals surface area contributed by atoms with Crippen molar-refractivity contribution in [1.29, 1.82) is 0 Å². The smallest absolute Gasteiger partial charge is 0.261 e. The molecule has 0 saturated carbocycles. The van der Waals surface area contributed by atoms with Crippen LogP contribution in [0, 0.1) is 5.92 Å². The van der Waals surface area contributed by atoms with Crippen LogP contribution < -0.4 is 10.5 Å². The second-order valence-corrected chi connectivity index (χ2v) is 10.00. The van der Waals surface area contributed by atoms with Crippen molar-refractivity contribution in [1.82, 2.24) is 10.2 Å². The van der Waals surface area contributed by atoms with Crippen molar-refractivity contribution in [2.45, 2.75) is 36.7 Å². The monoisotopic (exact) mass is 405 g/mol. The molecule has 27 heavy (non-hydrogen) atoms. The van der Waals surface area contributed by atoms with Gasteiger partial charge >= 0.3 is 0 Å². The van der Waals surface area contributed by atoms with E-state index >= 15 is 0 Å². The van der Waals surface area contributed by atoms with Crippen LogP contribution in [0.15, 0.2) is 41.3 Å². The van der Waals surface area contributed by atoms with E-state index in [2.05, 4.69) is 17.1 Å². The highest BCUT2D eigenvalue weighted by molar-refractivity contribution is 7.89. The fraction of sp³-hybridized carbons (Fsp3) is 0.421. The molecule has 4 heterocycles. The Balaban J connectivity index is 1.52. The predicted molar refractivity (Wildman–Crippen MR) is 106 cm³/mol. The van der Waals surface area contributed by atoms with Gasteiger partial charge in [0.05, 0.1) is 9.77 Å². The molecule has 3 aliphatic rings. The summed E-state index contributed by atoms with van der Waals surface area (Å²) in [4.78, 5) is 16.8. The van der Waals surface area contributed by atoms with Crippen LogP contribution in [-0.4, -0.2) is 44.4 Å². The number of nitrogens with zero attached hydrogens (tertiary/aromatic N) is 1. The second-order valence-electron chi connectivity index (χ2n) is 7.35. The molecule has 0 unspecified atom stereocenters. The molecule has 1 aromatic carbocycles. The highest BCUT2D eigenvalue weighted by atomic mass is 32.2. The van der Waals surface area contributed by atoms with Crippen molar-refractivity contribution < 1.29 is 13.2 Å². The fourth-order valence-corrected chi connectivity index (χ4v) is 5.67. The minimum absolute atomic E-state index is 0.0561. The van der Waals surface area contributed by atoms with Gasteiger partial charge in [-0.1, -0.05) is 12.1 Å². The molecule has 0 aliphatic carbocycles. The number of rotatable bonds is 4. The Morgan fingerprint density at radius 1 is 1.22 bits per heavy atom. The maximum absolute atomic E-state index is 12.8. The summed E-state index contributed by atoms with van der Waals surface area (Å²) in [5, 5.41) is 8.44. The van der Waals surface area contributed by atoms with E-state index < -0.39 is 10.0 Å². The van der Waals surface area contributed by atoms with Crippen LogP contribution in [-0.2, 0) is 10.0 Å². The molecular formula is C19H23N3O3S2. The minimum Gasteiger partial charge on any atom is -0.347 e. The van der Waals surface area contributed by atoms with Crippen molar-refractivity contribution in [3.63, 3.8) is 0 Å². The molecule has 0 spiro atoms. The molecule has 6 nitrogen and oxygen atoms in total. The molecule has 2 aromatic rings. The van der Waals surface area contributed by atoms with E-state index in [1.165, 1.54) is 23.5 Å². The van der Waals surface area contributed by atoms with E-state index in [4.69, 9.17) is 5.14 Å². The Morgan fingerprint density at radius 2 is 1.96 bits per heavy atom. The first kappa shape index (κ1) is 18.6. The van der Waals surface area contributed by atoms with Crippen LogP contribution in [0.25, 0.3) is 10.4 Å². The first-order chi connectivity index (χ1) is 12.8. The number of carbonyl (C=O) groups is 1. The van der Waals surface area contributed by atoms with Crippen molar-refractivity contribution in [2.75, 3.05) is 13.1 Å². The van der Waals surface area contributed by atoms with Gasteiger partial charge in [-0.15, -0.1) is 11.3 Å². The average molecular weight is 406 g/mol. The van der Waals surface area contributed by atoms with Crippen LogP contribution in [0.2, 0.25) is 0 Å². The van der Waals surface area contributed by atoms with Gasteiger partial charge in [-0.2, -0.15) is 0 Å². The van der Waals surface area contributed by atoms with Gasteiger partial charge in [-0.05, 0) is 68.6 Å². The largest absolute Gasteiger partial charge is 0.347 e. The summed E-state index contributed by atoms with van der Waals surface area (Å²) in [5.74, 6) is 0.499. The summed E-state index contributed by atoms with van der Waals surface area (Å²) in [6, 6.07) is 10.7. The van der Waals surface area contributed by atoms with Gasteiger partial charge < -0.3 is 5.32 Å². The van der Waals surface area contributed by atoms with E-state index in [0.717, 1.165) is 36.4 Å². The Hall–Kier alpha value is -1.74. The highest BCUT2D eigenvalue weighted by Gasteiger charge is 2.40. The number of thiophene rings is 1. The standard InChI is InChI=1S/C19H23N3O3S2/c1-12-18(13-7-9-22(12)10-8-13)21-19(23)17-6-5-16(26-17)14-3-2-4-15(11-14)27(20,24)25/h2-6,11-13,18H,7-10H2,1H3,(H,21,23)(H2,20,24,25)/t12-,18+/m1/s1. The van der Waals surface area contributed by atoms with E-state index in [1.54, 1.807) is 12.1 Å². The lowest BCUT2D eigenvalue weighted by atomic mass is 9.79. The number of nitrogens with one attached hydrogen (secondary N) is 1. The van der Waals surface area contributed by atoms with Crippen molar-refractivity contribution >= 4 is 27.3 Å². The Bertz CT molecular complexity index is 960. The molecular weight excluding hydrogens is 382 g/mol. The van der Waals surface area contributed by atoms with Crippen LogP contribution in [0.1, 0.15) is 29.4 Å². The van der Waals surface area contributed by atoms with Gasteiger partial charge in [0.2, 0.25) is 10.0 Å². The molecule has 2 bridgehead atoms. The number of primary sulfonamides is 1. The lowest BCUT2D eigenvalue weighted by Gasteiger charge is -2.49. The third kappa shape index (κ3) is 3.67. The van der Waals surface area contributed by atoms with Crippen LogP contribution in [0.3, 0.4) is 0 Å². The van der Waals surface area contributed by atoms with Gasteiger partial charge in [0.15, 0.2) is 0 Å². The summed E-state index contributed by atoms with van der Waals surface area (Å²) in [5.41, 5.74) is 0.738. The van der Waals surface area contributed by atoms with E-state index in [-0.39, 0.29) is 16.8 Å². The maximum atomic E-state index is 12.8. The molecule has 144 valence electrons. The van der Waals surface area contributed by atoms with Gasteiger partial charge in [0, 0.05) is 17.0 Å². The number of benzene rings is 1. The minimum atomic E-state index is -3.75. The number of sulfonamides is 1. The molecule has 3 fully saturated rings. The van der Waals surface area contributed by atoms with Gasteiger partial charge in [-0.25, -0.2) is 13.6 Å². The third-order valence-electron chi connectivity index (χ3n) is 5.75. The molecule has 2 atom stereocenters. The number of carbonyl (C=O) groups excluding carboxylic acids is 1. The number of piperidine rings is 3. The van der Waals surface area contributed by atoms with Crippen molar-refractivity contribution in [3.8, 4) is 10.4 Å². The van der Waals surface area contributed by atoms with E-state index in [1.807, 2.05) is 12.1 Å². The number of amides is 1. The van der Waals surface area contributed by atoms with E-state index in [0.29, 0.717) is 16.8 Å². The Kier molecular flexibility index (Phi) is 4.84. The summed E-state index contributed by atoms with van der Waals surface area (Å²) in [6.45, 7) is 4.44. The molecule has 0 radical (unpaired) electrons. The number of hydrogen-bond donors (Lipinski definition) is 2. The van der Waals surface area contributed by atoms with Crippen LogP contribution >= 0.6 is 11.3 Å². The van der Waals surface area contributed by atoms with Crippen LogP contribution in [0.4, 0.5) is 0 Å². The quantitative estimate of drug-likeness (QED) is 0.816. The molecule has 1 aromatic heterocycles. The molecule has 3 saturated heterocycles. The Labute approximate surface area is 163 Å². The SMILES string of the molecule is C[C@@H]1[C@H](NC(=O)c2ccc(-c3cccc(S(N)(=O)=O)c3)s2)C2CCN1CC2. The maximum Gasteiger partial charge on any atom is 0.261 e. The van der Waals surface area contributed by atoms with Gasteiger partial charge in [0.25, 0.3) is 5.91 Å². The molecule has 1 amide bonds. The molecule has 3 N–H and O–H groups in total. The normalized spacial score (nSPS) is 27.5. The lowest BCUT2D eigenvalue weighted by molar-refractivity contribution is 0.0218. The zero-order chi connectivity index (χ0) is 19.2. The summed E-state index contributed by atoms with van der Waals surface area (Å²) in [7, 11) is -3.75. The topological polar surface area (TPSA) is 92.5 Å². The third-order valence-corrected chi connectivity index (χ3v) is 7.80. The molecule has 3 aliphatic heterocycles. The molecule has 5 rings (SSSR count). The van der Waals surface area contributed by atoms with Crippen LogP contribution in [0.5, 0.6) is 0 Å². The van der Waals surface area contributed by atoms with Gasteiger partial charge in [0.1, 0.15) is 0 Å². The first-order valence-corrected chi connectivity index (χ1v) is 11.5. The lowest BCUT2D eigenvalue weighted by Crippen LogP contribution is -2.62. The zero-order valence-electron chi connectivity index (χ0n) is 15.1. The number of nitrogens with two attached hydrogens (primary N) is 1. The van der Waals surface area contributed by atoms with Gasteiger partial charge in [-0.3, -0.25) is 9.69 Å². The summed E-state index contributed by atoms with van der Waals surface area (Å²) >= 11 is 1.36. The fourth-order valence-electron chi connectivity index (χ4n) is 4.21. The predicted octanol–water partition coefficient (Wildman–Crippen LogP) is 2.28. The zero-order valence-corrected chi connectivity index (χ0v) is 16.7. The van der Waals surface area contributed by atoms with E-state index in [9.17, 15) is 13.2 Å². The highest BCUT2D eigenvalue weighted by Crippen LogP contribution is 2.33. The number of fused-ring (bicyclic) bond motifs is 3. The summed E-state index contributed by atoms with van der Waals surface area (Å²) < 4.78 is 23.1. The Morgan fingerprint density at radius 3 is 2.63 bits per heavy atom. The molecule has 8 heteroatoms. The number of hydrogen-bond acceptors (Lipinski definition) is 5. The van der Waals surface area contributed by atoms with Crippen molar-refractivity contribution in [2.24, 2.45) is 11.1 Å².